The Balaban J connectivity index is 1.68. The first-order valence-corrected chi connectivity index (χ1v) is 11.0. The van der Waals surface area contributed by atoms with Crippen molar-refractivity contribution in [2.75, 3.05) is 32.1 Å². The van der Waals surface area contributed by atoms with E-state index in [1.807, 2.05) is 24.3 Å². The average molecular weight is 437 g/mol. The second-order valence-electron chi connectivity index (χ2n) is 7.85. The predicted octanol–water partition coefficient (Wildman–Crippen LogP) is 1.85. The molecule has 9 heteroatoms. The average Bonchev–Trinajstić information content (AvgIpc) is 3.26. The fourth-order valence-electron chi connectivity index (χ4n) is 4.00. The van der Waals surface area contributed by atoms with E-state index in [0.717, 1.165) is 31.1 Å². The van der Waals surface area contributed by atoms with Crippen molar-refractivity contribution in [2.24, 2.45) is 5.73 Å². The van der Waals surface area contributed by atoms with E-state index in [1.165, 1.54) is 0 Å². The molecule has 1 heterocycles. The second kappa shape index (κ2) is 11.6. The number of carbonyl (C=O) groups excluding carboxylic acids is 3. The van der Waals surface area contributed by atoms with Crippen molar-refractivity contribution < 1.29 is 19.0 Å². The smallest absolute Gasteiger partial charge is 0.316 e. The number of rotatable bonds is 10. The van der Waals surface area contributed by atoms with Crippen LogP contribution in [0.5, 0.6) is 0 Å². The summed E-state index contributed by atoms with van der Waals surface area (Å²) < 4.78 is 5.07. The van der Waals surface area contributed by atoms with E-state index in [9.17, 15) is 14.4 Å². The van der Waals surface area contributed by atoms with Crippen LogP contribution in [0.3, 0.4) is 0 Å². The molecule has 1 saturated heterocycles. The van der Waals surface area contributed by atoms with Gasteiger partial charge in [-0.15, -0.1) is 0 Å². The van der Waals surface area contributed by atoms with Gasteiger partial charge < -0.3 is 25.9 Å². The molecule has 8 nitrogen and oxygen atoms in total. The summed E-state index contributed by atoms with van der Waals surface area (Å²) in [4.78, 5) is 39.4. The highest BCUT2D eigenvalue weighted by atomic mass is 16.4. The highest BCUT2D eigenvalue weighted by Crippen LogP contribution is 2.27. The van der Waals surface area contributed by atoms with Crippen LogP contribution in [0, 0.1) is 0 Å². The Morgan fingerprint density at radius 2 is 1.94 bits per heavy atom. The zero-order valence-electron chi connectivity index (χ0n) is 18.4. The number of fused-ring (bicyclic) bond motifs is 1. The zero-order valence-corrected chi connectivity index (χ0v) is 18.4. The molecule has 1 aliphatic heterocycles. The van der Waals surface area contributed by atoms with Crippen molar-refractivity contribution in [1.82, 2.24) is 10.2 Å². The molecular formula is C23H30BN4O4. The van der Waals surface area contributed by atoms with Crippen LogP contribution in [0.25, 0.3) is 10.8 Å². The van der Waals surface area contributed by atoms with Crippen LogP contribution in [0.4, 0.5) is 5.69 Å². The van der Waals surface area contributed by atoms with Crippen LogP contribution < -0.4 is 16.4 Å². The molecule has 1 radical (unpaired) electrons. The Kier molecular flexibility index (Phi) is 8.64. The quantitative estimate of drug-likeness (QED) is 0.388. The zero-order chi connectivity index (χ0) is 22.9. The van der Waals surface area contributed by atoms with E-state index in [0.29, 0.717) is 36.1 Å². The van der Waals surface area contributed by atoms with E-state index < -0.39 is 0 Å². The minimum atomic E-state index is -0.332. The molecule has 2 aromatic carbocycles. The first kappa shape index (κ1) is 23.8. The van der Waals surface area contributed by atoms with Gasteiger partial charge in [0, 0.05) is 42.7 Å². The summed E-state index contributed by atoms with van der Waals surface area (Å²) in [6.07, 6.45) is 3.70. The lowest BCUT2D eigenvalue weighted by Crippen LogP contribution is -2.45. The van der Waals surface area contributed by atoms with Gasteiger partial charge in [-0.2, -0.15) is 0 Å². The van der Waals surface area contributed by atoms with Crippen molar-refractivity contribution >= 4 is 41.7 Å². The Labute approximate surface area is 189 Å². The van der Waals surface area contributed by atoms with Gasteiger partial charge in [0.15, 0.2) is 0 Å². The number of benzene rings is 2. The van der Waals surface area contributed by atoms with Crippen LogP contribution in [-0.4, -0.2) is 62.8 Å². The molecule has 0 aromatic heterocycles. The fraction of sp³-hybridized carbons (Fsp3) is 0.435. The van der Waals surface area contributed by atoms with Crippen molar-refractivity contribution in [3.63, 3.8) is 0 Å². The third-order valence-corrected chi connectivity index (χ3v) is 5.61. The third-order valence-electron chi connectivity index (χ3n) is 5.61. The molecular weight excluding hydrogens is 407 g/mol. The number of nitrogens with zero attached hydrogens (tertiary/aromatic N) is 1. The predicted molar refractivity (Wildman–Crippen MR) is 125 cm³/mol. The first-order valence-electron chi connectivity index (χ1n) is 11.0. The summed E-state index contributed by atoms with van der Waals surface area (Å²) in [5.41, 5.74) is 6.59. The van der Waals surface area contributed by atoms with Gasteiger partial charge in [-0.3, -0.25) is 14.4 Å². The van der Waals surface area contributed by atoms with Gasteiger partial charge in [0.1, 0.15) is 0 Å². The minimum Gasteiger partial charge on any atom is -0.441 e. The van der Waals surface area contributed by atoms with Gasteiger partial charge in [0.2, 0.25) is 11.8 Å². The Morgan fingerprint density at radius 1 is 1.16 bits per heavy atom. The molecule has 0 saturated carbocycles. The number of carbonyl (C=O) groups is 3. The van der Waals surface area contributed by atoms with Crippen LogP contribution in [0.15, 0.2) is 36.4 Å². The van der Waals surface area contributed by atoms with E-state index in [-0.39, 0.29) is 30.2 Å². The van der Waals surface area contributed by atoms with Gasteiger partial charge in [-0.05, 0) is 49.7 Å². The molecule has 0 bridgehead atoms. The van der Waals surface area contributed by atoms with Crippen molar-refractivity contribution in [3.8, 4) is 0 Å². The maximum absolute atomic E-state index is 12.9. The number of nitrogens with two attached hydrogens (primary N) is 1. The molecule has 32 heavy (non-hydrogen) atoms. The number of unbranched alkanes of at least 4 members (excludes halogenated alkanes) is 1. The third kappa shape index (κ3) is 5.86. The summed E-state index contributed by atoms with van der Waals surface area (Å²) in [5.74, 6) is -0.612. The molecule has 1 unspecified atom stereocenters. The van der Waals surface area contributed by atoms with Crippen molar-refractivity contribution in [1.29, 1.82) is 0 Å². The maximum Gasteiger partial charge on any atom is 0.316 e. The lowest BCUT2D eigenvalue weighted by molar-refractivity contribution is -0.129. The number of nitrogens with one attached hydrogen (secondary N) is 2. The number of hydrogen-bond donors (Lipinski definition) is 3. The van der Waals surface area contributed by atoms with Gasteiger partial charge in [0.25, 0.3) is 5.91 Å². The molecule has 1 atom stereocenters. The van der Waals surface area contributed by atoms with E-state index in [4.69, 9.17) is 10.4 Å². The molecule has 0 aliphatic carbocycles. The number of likely N-dealkylation sites (tertiary alicyclic amines) is 1. The SMILES string of the molecule is CO[B]C1CCCN1C(=O)CNC(=O)c1ccc(NC(=O)CCCCN)c2ccccc12. The largest absolute Gasteiger partial charge is 0.441 e. The standard InChI is InChI=1S/C23H30BN4O4/c1-32-24-20-9-6-14-28(20)22(30)15-26-23(31)18-11-12-19(17-8-3-2-7-16(17)18)27-21(29)10-4-5-13-25/h2-3,7-8,11-12,20H,4-6,9-10,13-15,25H2,1H3,(H,26,31)(H,27,29). The molecule has 3 rings (SSSR count). The first-order chi connectivity index (χ1) is 15.5. The van der Waals surface area contributed by atoms with Crippen LogP contribution in [-0.2, 0) is 14.2 Å². The molecule has 1 fully saturated rings. The maximum atomic E-state index is 12.9. The summed E-state index contributed by atoms with van der Waals surface area (Å²) >= 11 is 0. The second-order valence-corrected chi connectivity index (χ2v) is 7.85. The lowest BCUT2D eigenvalue weighted by Gasteiger charge is -2.23. The summed E-state index contributed by atoms with van der Waals surface area (Å²) in [6, 6.07) is 10.8. The fourth-order valence-corrected chi connectivity index (χ4v) is 4.00. The van der Waals surface area contributed by atoms with E-state index >= 15 is 0 Å². The summed E-state index contributed by atoms with van der Waals surface area (Å²) in [7, 11) is 3.23. The van der Waals surface area contributed by atoms with Gasteiger partial charge in [-0.1, -0.05) is 24.3 Å². The normalized spacial score (nSPS) is 15.6. The molecule has 0 spiro atoms. The highest BCUT2D eigenvalue weighted by molar-refractivity contribution is 6.30. The van der Waals surface area contributed by atoms with Crippen LogP contribution in [0.2, 0.25) is 0 Å². The van der Waals surface area contributed by atoms with Crippen molar-refractivity contribution in [3.05, 3.63) is 42.0 Å². The highest BCUT2D eigenvalue weighted by Gasteiger charge is 2.29. The van der Waals surface area contributed by atoms with E-state index in [1.54, 1.807) is 31.6 Å². The van der Waals surface area contributed by atoms with E-state index in [2.05, 4.69) is 10.6 Å². The van der Waals surface area contributed by atoms with Crippen LogP contribution in [0.1, 0.15) is 42.5 Å². The monoisotopic (exact) mass is 437 g/mol. The number of hydrogen-bond acceptors (Lipinski definition) is 5. The Morgan fingerprint density at radius 3 is 2.69 bits per heavy atom. The molecule has 2 aromatic rings. The number of anilines is 1. The number of amides is 3. The van der Waals surface area contributed by atoms with Crippen LogP contribution >= 0.6 is 0 Å². The van der Waals surface area contributed by atoms with Gasteiger partial charge in [0.05, 0.1) is 6.54 Å². The van der Waals surface area contributed by atoms with Gasteiger partial charge >= 0.3 is 7.48 Å². The topological polar surface area (TPSA) is 114 Å². The van der Waals surface area contributed by atoms with Crippen molar-refractivity contribution in [2.45, 2.75) is 38.0 Å². The summed E-state index contributed by atoms with van der Waals surface area (Å²) in [6.45, 7) is 1.13. The minimum absolute atomic E-state index is 0.0574. The Hall–Kier alpha value is -2.91. The molecule has 3 amide bonds. The molecule has 4 N–H and O–H groups in total. The lowest BCUT2D eigenvalue weighted by atomic mass is 9.86. The molecule has 169 valence electrons. The summed E-state index contributed by atoms with van der Waals surface area (Å²) in [5, 5.41) is 7.15. The molecule has 1 aliphatic rings. The van der Waals surface area contributed by atoms with Gasteiger partial charge in [-0.25, -0.2) is 0 Å². The Bertz CT molecular complexity index is 968.